The van der Waals surface area contributed by atoms with Crippen molar-refractivity contribution < 1.29 is 4.57 Å². The van der Waals surface area contributed by atoms with E-state index < -0.39 is 0 Å². The van der Waals surface area contributed by atoms with Crippen molar-refractivity contribution >= 4 is 22.9 Å². The van der Waals surface area contributed by atoms with Crippen molar-refractivity contribution in [3.05, 3.63) is 51.9 Å². The lowest BCUT2D eigenvalue weighted by atomic mass is 10.4. The molecule has 2 rings (SSSR count). The van der Waals surface area contributed by atoms with Gasteiger partial charge in [-0.25, -0.2) is 0 Å². The fourth-order valence-corrected chi connectivity index (χ4v) is 2.25. The number of aromatic nitrogens is 1. The van der Waals surface area contributed by atoms with Gasteiger partial charge in [-0.1, -0.05) is 17.7 Å². The van der Waals surface area contributed by atoms with Gasteiger partial charge in [0.2, 0.25) is 0 Å². The Labute approximate surface area is 86.2 Å². The molecule has 66 valence electrons. The molecule has 0 saturated heterocycles. The summed E-state index contributed by atoms with van der Waals surface area (Å²) >= 11 is 7.46. The Morgan fingerprint density at radius 2 is 1.92 bits per heavy atom. The fraction of sp³-hybridized carbons (Fsp3) is 0.100. The molecule has 0 fully saturated rings. The molecular formula is C10H9ClNS+. The Morgan fingerprint density at radius 3 is 2.54 bits per heavy atom. The zero-order valence-corrected chi connectivity index (χ0v) is 8.55. The number of hydrogen-bond acceptors (Lipinski definition) is 1. The van der Waals surface area contributed by atoms with Crippen molar-refractivity contribution in [3.63, 3.8) is 0 Å². The van der Waals surface area contributed by atoms with Crippen molar-refractivity contribution in [2.75, 3.05) is 0 Å². The van der Waals surface area contributed by atoms with E-state index in [1.807, 2.05) is 36.7 Å². The van der Waals surface area contributed by atoms with Crippen LogP contribution in [0.5, 0.6) is 0 Å². The van der Waals surface area contributed by atoms with Crippen LogP contribution in [-0.2, 0) is 6.54 Å². The summed E-state index contributed by atoms with van der Waals surface area (Å²) in [6.07, 6.45) is 4.10. The maximum atomic E-state index is 5.84. The Morgan fingerprint density at radius 1 is 1.15 bits per heavy atom. The predicted octanol–water partition coefficient (Wildman–Crippen LogP) is 2.74. The fourth-order valence-electron chi connectivity index (χ4n) is 1.16. The van der Waals surface area contributed by atoms with Crippen LogP contribution in [0.3, 0.4) is 0 Å². The summed E-state index contributed by atoms with van der Waals surface area (Å²) in [7, 11) is 0. The summed E-state index contributed by atoms with van der Waals surface area (Å²) in [6.45, 7) is 0.901. The van der Waals surface area contributed by atoms with E-state index in [2.05, 4.69) is 10.6 Å². The van der Waals surface area contributed by atoms with E-state index in [4.69, 9.17) is 11.6 Å². The Balaban J connectivity index is 2.15. The molecule has 3 heteroatoms. The van der Waals surface area contributed by atoms with Gasteiger partial charge in [0.05, 0.1) is 9.21 Å². The lowest BCUT2D eigenvalue weighted by Crippen LogP contribution is -2.32. The molecule has 0 aliphatic heterocycles. The largest absolute Gasteiger partial charge is 0.200 e. The molecule has 0 bridgehead atoms. The van der Waals surface area contributed by atoms with Gasteiger partial charge in [-0.2, -0.15) is 4.57 Å². The highest BCUT2D eigenvalue weighted by atomic mass is 35.5. The van der Waals surface area contributed by atoms with E-state index in [0.29, 0.717) is 0 Å². The van der Waals surface area contributed by atoms with Crippen molar-refractivity contribution in [1.82, 2.24) is 0 Å². The third kappa shape index (κ3) is 2.29. The van der Waals surface area contributed by atoms with Crippen LogP contribution in [0.4, 0.5) is 0 Å². The summed E-state index contributed by atoms with van der Waals surface area (Å²) in [4.78, 5) is 1.28. The molecule has 0 N–H and O–H groups in total. The number of thiophene rings is 1. The third-order valence-electron chi connectivity index (χ3n) is 1.74. The highest BCUT2D eigenvalue weighted by Gasteiger charge is 2.03. The molecule has 0 amide bonds. The van der Waals surface area contributed by atoms with Gasteiger partial charge in [0.1, 0.15) is 0 Å². The van der Waals surface area contributed by atoms with E-state index >= 15 is 0 Å². The molecule has 0 aliphatic rings. The Bertz CT molecular complexity index is 383. The molecule has 0 aromatic carbocycles. The second-order valence-electron chi connectivity index (χ2n) is 2.75. The first-order chi connectivity index (χ1) is 6.34. The first-order valence-electron chi connectivity index (χ1n) is 4.03. The lowest BCUT2D eigenvalue weighted by Gasteiger charge is -1.91. The number of pyridine rings is 1. The molecule has 2 aromatic rings. The zero-order chi connectivity index (χ0) is 9.10. The van der Waals surface area contributed by atoms with E-state index in [-0.39, 0.29) is 0 Å². The molecule has 0 aliphatic carbocycles. The van der Waals surface area contributed by atoms with Crippen LogP contribution in [0.25, 0.3) is 0 Å². The molecule has 0 unspecified atom stereocenters. The molecule has 13 heavy (non-hydrogen) atoms. The zero-order valence-electron chi connectivity index (χ0n) is 6.98. The summed E-state index contributed by atoms with van der Waals surface area (Å²) in [5.74, 6) is 0. The van der Waals surface area contributed by atoms with Crippen molar-refractivity contribution in [1.29, 1.82) is 0 Å². The van der Waals surface area contributed by atoms with Crippen LogP contribution >= 0.6 is 22.9 Å². The van der Waals surface area contributed by atoms with Crippen LogP contribution in [0.1, 0.15) is 4.88 Å². The van der Waals surface area contributed by atoms with Crippen molar-refractivity contribution in [2.24, 2.45) is 0 Å². The SMILES string of the molecule is Clc1ccc(C[n+]2ccccc2)s1. The molecule has 0 saturated carbocycles. The molecule has 0 spiro atoms. The van der Waals surface area contributed by atoms with Crippen LogP contribution in [0.15, 0.2) is 42.7 Å². The standard InChI is InChI=1S/C10H9ClNS/c11-10-5-4-9(13-10)8-12-6-2-1-3-7-12/h1-7H,8H2/q+1. The number of nitrogens with zero attached hydrogens (tertiary/aromatic N) is 1. The smallest absolute Gasteiger partial charge is 0.182 e. The quantitative estimate of drug-likeness (QED) is 0.672. The maximum absolute atomic E-state index is 5.84. The second-order valence-corrected chi connectivity index (χ2v) is 4.55. The first kappa shape index (κ1) is 8.73. The second kappa shape index (κ2) is 3.90. The molecule has 2 heterocycles. The van der Waals surface area contributed by atoms with Crippen LogP contribution in [-0.4, -0.2) is 0 Å². The van der Waals surface area contributed by atoms with Crippen LogP contribution in [0, 0.1) is 0 Å². The minimum absolute atomic E-state index is 0.853. The van der Waals surface area contributed by atoms with Gasteiger partial charge in [0.25, 0.3) is 0 Å². The van der Waals surface area contributed by atoms with E-state index in [1.165, 1.54) is 4.88 Å². The van der Waals surface area contributed by atoms with Crippen molar-refractivity contribution in [2.45, 2.75) is 6.54 Å². The van der Waals surface area contributed by atoms with E-state index in [0.717, 1.165) is 10.9 Å². The Hall–Kier alpha value is -0.860. The van der Waals surface area contributed by atoms with Gasteiger partial charge < -0.3 is 0 Å². The lowest BCUT2D eigenvalue weighted by molar-refractivity contribution is -0.687. The third-order valence-corrected chi connectivity index (χ3v) is 2.96. The maximum Gasteiger partial charge on any atom is 0.182 e. The van der Waals surface area contributed by atoms with Crippen LogP contribution < -0.4 is 4.57 Å². The number of rotatable bonds is 2. The highest BCUT2D eigenvalue weighted by Crippen LogP contribution is 2.20. The van der Waals surface area contributed by atoms with Gasteiger partial charge in [-0.3, -0.25) is 0 Å². The minimum atomic E-state index is 0.853. The molecule has 2 aromatic heterocycles. The number of hydrogen-bond donors (Lipinski definition) is 0. The average molecular weight is 211 g/mol. The van der Waals surface area contributed by atoms with Gasteiger partial charge >= 0.3 is 0 Å². The summed E-state index contributed by atoms with van der Waals surface area (Å²) in [6, 6.07) is 10.1. The van der Waals surface area contributed by atoms with Gasteiger partial charge in [0.15, 0.2) is 18.9 Å². The first-order valence-corrected chi connectivity index (χ1v) is 5.22. The summed E-state index contributed by atoms with van der Waals surface area (Å²) in [5.41, 5.74) is 0. The van der Waals surface area contributed by atoms with Gasteiger partial charge in [0, 0.05) is 12.1 Å². The summed E-state index contributed by atoms with van der Waals surface area (Å²) in [5, 5.41) is 0. The van der Waals surface area contributed by atoms with E-state index in [1.54, 1.807) is 11.3 Å². The highest BCUT2D eigenvalue weighted by molar-refractivity contribution is 7.16. The molecule has 0 radical (unpaired) electrons. The normalized spacial score (nSPS) is 10.2. The van der Waals surface area contributed by atoms with Crippen LogP contribution in [0.2, 0.25) is 4.34 Å². The predicted molar refractivity (Wildman–Crippen MR) is 55.1 cm³/mol. The average Bonchev–Trinajstić information content (AvgIpc) is 2.53. The summed E-state index contributed by atoms with van der Waals surface area (Å²) < 4.78 is 2.98. The topological polar surface area (TPSA) is 3.88 Å². The Kier molecular flexibility index (Phi) is 2.62. The minimum Gasteiger partial charge on any atom is -0.200 e. The number of halogens is 1. The van der Waals surface area contributed by atoms with Crippen molar-refractivity contribution in [3.8, 4) is 0 Å². The molecular weight excluding hydrogens is 202 g/mol. The van der Waals surface area contributed by atoms with Gasteiger partial charge in [-0.15, -0.1) is 11.3 Å². The van der Waals surface area contributed by atoms with E-state index in [9.17, 15) is 0 Å². The van der Waals surface area contributed by atoms with Gasteiger partial charge in [-0.05, 0) is 12.1 Å². The molecule has 0 atom stereocenters. The monoisotopic (exact) mass is 210 g/mol. The molecule has 1 nitrogen and oxygen atoms in total.